The van der Waals surface area contributed by atoms with E-state index >= 15 is 0 Å². The highest BCUT2D eigenvalue weighted by Gasteiger charge is 1.94. The van der Waals surface area contributed by atoms with Gasteiger partial charge >= 0.3 is 0 Å². The molecule has 70 valence electrons. The molecule has 0 unspecified atom stereocenters. The maximum atomic E-state index is 8.00. The van der Waals surface area contributed by atoms with Gasteiger partial charge in [0.1, 0.15) is 0 Å². The maximum absolute atomic E-state index is 8.00. The fourth-order valence-electron chi connectivity index (χ4n) is 0.827. The normalized spacial score (nSPS) is 8.36. The van der Waals surface area contributed by atoms with Crippen LogP contribution in [0.25, 0.3) is 10.4 Å². The van der Waals surface area contributed by atoms with Crippen LogP contribution in [0.2, 0.25) is 0 Å². The Bertz CT molecular complexity index is 434. The second kappa shape index (κ2) is 4.75. The van der Waals surface area contributed by atoms with Crippen LogP contribution in [-0.2, 0) is 0 Å². The highest BCUT2D eigenvalue weighted by molar-refractivity contribution is 5.48. The largest absolute Gasteiger partial charge is 0.397 e. The Morgan fingerprint density at radius 3 is 3.14 bits per heavy atom. The summed E-state index contributed by atoms with van der Waals surface area (Å²) in [6.07, 6.45) is 1.63. The Morgan fingerprint density at radius 2 is 2.50 bits per heavy atom. The zero-order chi connectivity index (χ0) is 10.4. The molecule has 1 aromatic rings. The number of aryl methyl sites for hydroxylation is 1. The monoisotopic (exact) mass is 187 g/mol. The Hall–Kier alpha value is -2.18. The van der Waals surface area contributed by atoms with E-state index in [0.717, 1.165) is 11.3 Å². The summed E-state index contributed by atoms with van der Waals surface area (Å²) in [5, 5.41) is 3.28. The second-order valence-corrected chi connectivity index (χ2v) is 2.59. The number of azide groups is 1. The fraction of sp³-hybridized carbons (Fsp3) is 0.222. The zero-order valence-electron chi connectivity index (χ0n) is 7.73. The second-order valence-electron chi connectivity index (χ2n) is 2.59. The first kappa shape index (κ1) is 9.90. The quantitative estimate of drug-likeness (QED) is 0.313. The van der Waals surface area contributed by atoms with Gasteiger partial charge in [-0.05, 0) is 18.5 Å². The molecular weight excluding hydrogens is 178 g/mol. The van der Waals surface area contributed by atoms with Gasteiger partial charge in [-0.15, -0.1) is 0 Å². The molecular formula is C9H9N5. The molecule has 0 aliphatic carbocycles. The Labute approximate surface area is 81.6 Å². The van der Waals surface area contributed by atoms with Gasteiger partial charge in [0.05, 0.1) is 17.9 Å². The number of nitrogens with zero attached hydrogens (tertiary/aromatic N) is 4. The lowest BCUT2D eigenvalue weighted by Crippen LogP contribution is -1.93. The van der Waals surface area contributed by atoms with Gasteiger partial charge in [0, 0.05) is 16.7 Å². The van der Waals surface area contributed by atoms with Crippen molar-refractivity contribution < 1.29 is 0 Å². The average Bonchev–Trinajstić information content (AvgIpc) is 2.18. The first-order chi connectivity index (χ1) is 6.74. The lowest BCUT2D eigenvalue weighted by molar-refractivity contribution is 1.20. The molecule has 0 aliphatic rings. The number of hydrogen-bond donors (Lipinski definition) is 1. The van der Waals surface area contributed by atoms with Gasteiger partial charge in [0.25, 0.3) is 0 Å². The van der Waals surface area contributed by atoms with Crippen molar-refractivity contribution in [1.82, 2.24) is 4.98 Å². The fourth-order valence-corrected chi connectivity index (χ4v) is 0.827. The van der Waals surface area contributed by atoms with Crippen molar-refractivity contribution in [2.24, 2.45) is 5.11 Å². The summed E-state index contributed by atoms with van der Waals surface area (Å²) in [7, 11) is 0. The minimum atomic E-state index is 0.157. The number of pyridine rings is 1. The molecule has 0 bridgehead atoms. The molecule has 0 saturated heterocycles. The number of anilines is 1. The molecule has 0 fully saturated rings. The molecule has 0 aliphatic heterocycles. The van der Waals surface area contributed by atoms with Crippen molar-refractivity contribution in [2.45, 2.75) is 6.92 Å². The van der Waals surface area contributed by atoms with E-state index in [0.29, 0.717) is 5.69 Å². The van der Waals surface area contributed by atoms with Crippen molar-refractivity contribution in [3.05, 3.63) is 34.0 Å². The third-order valence-electron chi connectivity index (χ3n) is 1.57. The number of nitrogens with two attached hydrogens (primary N) is 1. The van der Waals surface area contributed by atoms with Gasteiger partial charge in [-0.1, -0.05) is 17.0 Å². The molecule has 0 amide bonds. The molecule has 14 heavy (non-hydrogen) atoms. The average molecular weight is 187 g/mol. The van der Waals surface area contributed by atoms with E-state index in [9.17, 15) is 0 Å². The minimum Gasteiger partial charge on any atom is -0.397 e. The number of nitrogen functional groups attached to an aromatic ring is 1. The van der Waals surface area contributed by atoms with Crippen LogP contribution in [0, 0.1) is 18.8 Å². The van der Waals surface area contributed by atoms with Gasteiger partial charge in [0.15, 0.2) is 0 Å². The summed E-state index contributed by atoms with van der Waals surface area (Å²) in [5.41, 5.74) is 15.8. The van der Waals surface area contributed by atoms with E-state index < -0.39 is 0 Å². The predicted molar refractivity (Wildman–Crippen MR) is 54.3 cm³/mol. The Kier molecular flexibility index (Phi) is 3.36. The van der Waals surface area contributed by atoms with Crippen LogP contribution in [0.4, 0.5) is 5.69 Å². The molecule has 5 nitrogen and oxygen atoms in total. The predicted octanol–water partition coefficient (Wildman–Crippen LogP) is 1.63. The van der Waals surface area contributed by atoms with Crippen LogP contribution in [0.1, 0.15) is 11.3 Å². The lowest BCUT2D eigenvalue weighted by Gasteiger charge is -1.97. The van der Waals surface area contributed by atoms with Crippen LogP contribution in [-0.4, -0.2) is 11.5 Å². The lowest BCUT2D eigenvalue weighted by atomic mass is 10.2. The van der Waals surface area contributed by atoms with Crippen LogP contribution >= 0.6 is 0 Å². The van der Waals surface area contributed by atoms with Crippen molar-refractivity contribution in [3.63, 3.8) is 0 Å². The molecule has 1 heterocycles. The third kappa shape index (κ3) is 2.70. The zero-order valence-corrected chi connectivity index (χ0v) is 7.73. The van der Waals surface area contributed by atoms with Gasteiger partial charge in [-0.25, -0.2) is 0 Å². The van der Waals surface area contributed by atoms with E-state index in [-0.39, 0.29) is 6.54 Å². The first-order valence-corrected chi connectivity index (χ1v) is 3.96. The van der Waals surface area contributed by atoms with Crippen LogP contribution in [0.3, 0.4) is 0 Å². The summed E-state index contributed by atoms with van der Waals surface area (Å²) < 4.78 is 0. The SMILES string of the molecule is Cc1ncc(C#CCN=[N+]=[N-])cc1N. The summed E-state index contributed by atoms with van der Waals surface area (Å²) in [5.74, 6) is 5.47. The molecule has 0 aromatic carbocycles. The Morgan fingerprint density at radius 1 is 1.71 bits per heavy atom. The minimum absolute atomic E-state index is 0.157. The molecule has 0 radical (unpaired) electrons. The van der Waals surface area contributed by atoms with E-state index in [1.165, 1.54) is 0 Å². The van der Waals surface area contributed by atoms with Gasteiger partial charge in [0.2, 0.25) is 0 Å². The summed E-state index contributed by atoms with van der Waals surface area (Å²) >= 11 is 0. The molecule has 0 spiro atoms. The molecule has 1 rings (SSSR count). The van der Waals surface area contributed by atoms with Gasteiger partial charge in [-0.2, -0.15) is 0 Å². The highest BCUT2D eigenvalue weighted by atomic mass is 15.1. The molecule has 1 aromatic heterocycles. The maximum Gasteiger partial charge on any atom is 0.0880 e. The van der Waals surface area contributed by atoms with Crippen LogP contribution < -0.4 is 5.73 Å². The summed E-state index contributed by atoms with van der Waals surface area (Å²) in [6, 6.07) is 1.74. The number of aromatic nitrogens is 1. The van der Waals surface area contributed by atoms with E-state index in [1.807, 2.05) is 6.92 Å². The van der Waals surface area contributed by atoms with E-state index in [4.69, 9.17) is 11.3 Å². The van der Waals surface area contributed by atoms with Crippen molar-refractivity contribution >= 4 is 5.69 Å². The first-order valence-electron chi connectivity index (χ1n) is 3.96. The van der Waals surface area contributed by atoms with Crippen molar-refractivity contribution in [1.29, 1.82) is 0 Å². The molecule has 0 saturated carbocycles. The molecule has 5 heteroatoms. The number of rotatable bonds is 1. The van der Waals surface area contributed by atoms with Gasteiger partial charge < -0.3 is 5.73 Å². The van der Waals surface area contributed by atoms with Gasteiger partial charge in [-0.3, -0.25) is 4.98 Å². The van der Waals surface area contributed by atoms with E-state index in [2.05, 4.69) is 26.9 Å². The number of hydrogen-bond acceptors (Lipinski definition) is 3. The van der Waals surface area contributed by atoms with Crippen LogP contribution in [0.5, 0.6) is 0 Å². The van der Waals surface area contributed by atoms with Crippen LogP contribution in [0.15, 0.2) is 17.4 Å². The highest BCUT2D eigenvalue weighted by Crippen LogP contribution is 2.08. The third-order valence-corrected chi connectivity index (χ3v) is 1.57. The summed E-state index contributed by atoms with van der Waals surface area (Å²) in [4.78, 5) is 6.63. The Balaban J connectivity index is 2.80. The molecule has 2 N–H and O–H groups in total. The topological polar surface area (TPSA) is 87.7 Å². The summed E-state index contributed by atoms with van der Waals surface area (Å²) in [6.45, 7) is 1.98. The van der Waals surface area contributed by atoms with Crippen molar-refractivity contribution in [2.75, 3.05) is 12.3 Å². The molecule has 0 atom stereocenters. The van der Waals surface area contributed by atoms with Crippen molar-refractivity contribution in [3.8, 4) is 11.8 Å². The van der Waals surface area contributed by atoms with E-state index in [1.54, 1.807) is 12.3 Å². The smallest absolute Gasteiger partial charge is 0.0880 e. The standard InChI is InChI=1S/C9H9N5/c1-7-9(10)5-8(6-12-7)3-2-4-13-14-11/h5-6H,4,10H2,1H3.